The lowest BCUT2D eigenvalue weighted by molar-refractivity contribution is -0.157. The Balaban J connectivity index is 2.47. The second kappa shape index (κ2) is 3.57. The van der Waals surface area contributed by atoms with Crippen LogP contribution >= 0.6 is 0 Å². The molecule has 0 saturated carbocycles. The summed E-state index contributed by atoms with van der Waals surface area (Å²) in [6.45, 7) is 1.26. The molecule has 2 N–H and O–H groups in total. The summed E-state index contributed by atoms with van der Waals surface area (Å²) in [4.78, 5) is 10.5. The molecule has 5 nitrogen and oxygen atoms in total. The van der Waals surface area contributed by atoms with Gasteiger partial charge in [-0.1, -0.05) is 5.16 Å². The predicted octanol–water partition coefficient (Wildman–Crippen LogP) is 0.443. The number of carboxylic acid groups (broad SMARTS) is 1. The van der Waals surface area contributed by atoms with E-state index >= 15 is 0 Å². The maximum Gasteiger partial charge on any atom is 0.335 e. The Morgan fingerprint density at radius 3 is 2.92 bits per heavy atom. The second-order valence-corrected chi connectivity index (χ2v) is 3.07. The lowest BCUT2D eigenvalue weighted by Gasteiger charge is -2.16. The highest BCUT2D eigenvalue weighted by atomic mass is 16.5. The van der Waals surface area contributed by atoms with Crippen LogP contribution in [-0.4, -0.2) is 26.9 Å². The summed E-state index contributed by atoms with van der Waals surface area (Å²) in [5, 5.41) is 21.5. The average molecular weight is 185 g/mol. The zero-order chi connectivity index (χ0) is 9.90. The first kappa shape index (κ1) is 9.73. The van der Waals surface area contributed by atoms with Gasteiger partial charge in [-0.25, -0.2) is 4.79 Å². The maximum atomic E-state index is 10.5. The van der Waals surface area contributed by atoms with Crippen molar-refractivity contribution in [1.82, 2.24) is 5.16 Å². The maximum absolute atomic E-state index is 10.5. The number of carbonyl (C=O) groups is 1. The molecule has 72 valence electrons. The molecule has 0 aliphatic heterocycles. The van der Waals surface area contributed by atoms with Gasteiger partial charge >= 0.3 is 5.97 Å². The molecule has 1 rings (SSSR count). The van der Waals surface area contributed by atoms with Gasteiger partial charge < -0.3 is 14.7 Å². The second-order valence-electron chi connectivity index (χ2n) is 3.07. The van der Waals surface area contributed by atoms with E-state index in [9.17, 15) is 9.90 Å². The number of carboxylic acids is 1. The summed E-state index contributed by atoms with van der Waals surface area (Å²) in [5.41, 5.74) is -1.06. The minimum Gasteiger partial charge on any atom is -0.479 e. The number of aryl methyl sites for hydroxylation is 1. The Hall–Kier alpha value is -1.36. The molecule has 1 atom stereocenters. The van der Waals surface area contributed by atoms with Gasteiger partial charge in [-0.2, -0.15) is 0 Å². The number of hydrogen-bond donors (Lipinski definition) is 2. The van der Waals surface area contributed by atoms with Crippen molar-refractivity contribution < 1.29 is 19.5 Å². The number of aromatic nitrogens is 1. The summed E-state index contributed by atoms with van der Waals surface area (Å²) in [6.07, 6.45) is 1.91. The van der Waals surface area contributed by atoms with Gasteiger partial charge in [0.2, 0.25) is 0 Å². The van der Waals surface area contributed by atoms with Gasteiger partial charge in [0.25, 0.3) is 0 Å². The quantitative estimate of drug-likeness (QED) is 0.711. The lowest BCUT2D eigenvalue weighted by Crippen LogP contribution is -2.35. The molecule has 13 heavy (non-hydrogen) atoms. The van der Waals surface area contributed by atoms with Gasteiger partial charge in [-0.15, -0.1) is 0 Å². The molecule has 1 unspecified atom stereocenters. The summed E-state index contributed by atoms with van der Waals surface area (Å²) in [5.74, 6) is -1.23. The van der Waals surface area contributed by atoms with Crippen molar-refractivity contribution in [3.8, 4) is 0 Å². The third kappa shape index (κ3) is 2.55. The molecule has 0 radical (unpaired) electrons. The van der Waals surface area contributed by atoms with Crippen molar-refractivity contribution in [2.75, 3.05) is 0 Å². The zero-order valence-corrected chi connectivity index (χ0v) is 7.23. The smallest absolute Gasteiger partial charge is 0.335 e. The summed E-state index contributed by atoms with van der Waals surface area (Å²) in [7, 11) is 0. The molecular weight excluding hydrogens is 174 g/mol. The van der Waals surface area contributed by atoms with E-state index in [0.717, 1.165) is 0 Å². The monoisotopic (exact) mass is 185 g/mol. The van der Waals surface area contributed by atoms with E-state index in [-0.39, 0.29) is 6.42 Å². The largest absolute Gasteiger partial charge is 0.479 e. The highest BCUT2D eigenvalue weighted by Gasteiger charge is 2.29. The van der Waals surface area contributed by atoms with E-state index in [2.05, 4.69) is 9.68 Å². The van der Waals surface area contributed by atoms with Crippen molar-refractivity contribution in [3.05, 3.63) is 18.0 Å². The lowest BCUT2D eigenvalue weighted by atomic mass is 9.99. The molecule has 1 heterocycles. The fourth-order valence-corrected chi connectivity index (χ4v) is 0.845. The van der Waals surface area contributed by atoms with Crippen LogP contribution in [0.15, 0.2) is 16.9 Å². The van der Waals surface area contributed by atoms with Crippen molar-refractivity contribution in [2.45, 2.75) is 25.4 Å². The van der Waals surface area contributed by atoms with E-state index in [4.69, 9.17) is 5.11 Å². The summed E-state index contributed by atoms with van der Waals surface area (Å²) in [6, 6.07) is 1.64. The van der Waals surface area contributed by atoms with Crippen LogP contribution in [0, 0.1) is 0 Å². The Morgan fingerprint density at radius 2 is 2.46 bits per heavy atom. The third-order valence-corrected chi connectivity index (χ3v) is 1.82. The first-order chi connectivity index (χ1) is 6.02. The van der Waals surface area contributed by atoms with Gasteiger partial charge in [0, 0.05) is 6.07 Å². The fourth-order valence-electron chi connectivity index (χ4n) is 0.845. The molecule has 5 heteroatoms. The van der Waals surface area contributed by atoms with Crippen LogP contribution in [0.3, 0.4) is 0 Å². The number of nitrogens with zero attached hydrogens (tertiary/aromatic N) is 1. The molecule has 0 aliphatic rings. The van der Waals surface area contributed by atoms with Crippen molar-refractivity contribution in [3.63, 3.8) is 0 Å². The summed E-state index contributed by atoms with van der Waals surface area (Å²) >= 11 is 0. The van der Waals surface area contributed by atoms with E-state index in [0.29, 0.717) is 12.1 Å². The van der Waals surface area contributed by atoms with E-state index in [1.807, 2.05) is 0 Å². The first-order valence-electron chi connectivity index (χ1n) is 3.87. The van der Waals surface area contributed by atoms with Gasteiger partial charge in [-0.3, -0.25) is 0 Å². The van der Waals surface area contributed by atoms with Gasteiger partial charge in [0.15, 0.2) is 5.60 Å². The standard InChI is InChI=1S/C8H11NO4/c1-8(12,7(10)11)4-2-6-3-5-13-9-6/h3,5,12H,2,4H2,1H3,(H,10,11). The molecule has 1 aromatic rings. The molecule has 1 aromatic heterocycles. The van der Waals surface area contributed by atoms with Gasteiger partial charge in [0.05, 0.1) is 5.69 Å². The van der Waals surface area contributed by atoms with E-state index in [1.54, 1.807) is 6.07 Å². The van der Waals surface area contributed by atoms with Gasteiger partial charge in [0.1, 0.15) is 6.26 Å². The average Bonchev–Trinajstić information content (AvgIpc) is 2.52. The van der Waals surface area contributed by atoms with E-state index in [1.165, 1.54) is 13.2 Å². The minimum atomic E-state index is -1.70. The highest BCUT2D eigenvalue weighted by molar-refractivity contribution is 5.76. The van der Waals surface area contributed by atoms with E-state index < -0.39 is 11.6 Å². The molecule has 0 spiro atoms. The molecule has 0 aliphatic carbocycles. The topological polar surface area (TPSA) is 83.6 Å². The number of aliphatic hydroxyl groups is 1. The van der Waals surface area contributed by atoms with Crippen LogP contribution in [0.5, 0.6) is 0 Å². The molecule has 0 bridgehead atoms. The van der Waals surface area contributed by atoms with Crippen molar-refractivity contribution in [1.29, 1.82) is 0 Å². The molecular formula is C8H11NO4. The van der Waals surface area contributed by atoms with Crippen LogP contribution in [0.4, 0.5) is 0 Å². The summed E-state index contributed by atoms with van der Waals surface area (Å²) < 4.78 is 4.56. The fraction of sp³-hybridized carbons (Fsp3) is 0.500. The molecule has 0 amide bonds. The minimum absolute atomic E-state index is 0.120. The van der Waals surface area contributed by atoms with Crippen molar-refractivity contribution >= 4 is 5.97 Å². The van der Waals surface area contributed by atoms with Crippen molar-refractivity contribution in [2.24, 2.45) is 0 Å². The first-order valence-corrected chi connectivity index (χ1v) is 3.87. The van der Waals surface area contributed by atoms with Crippen LogP contribution in [0.25, 0.3) is 0 Å². The molecule has 0 aromatic carbocycles. The Morgan fingerprint density at radius 1 is 1.77 bits per heavy atom. The highest BCUT2D eigenvalue weighted by Crippen LogP contribution is 2.12. The normalized spacial score (nSPS) is 15.2. The third-order valence-electron chi connectivity index (χ3n) is 1.82. The Labute approximate surface area is 75.0 Å². The SMILES string of the molecule is CC(O)(CCc1ccon1)C(=O)O. The number of hydrogen-bond acceptors (Lipinski definition) is 4. The Kier molecular flexibility index (Phi) is 2.67. The molecule has 0 saturated heterocycles. The molecule has 0 fully saturated rings. The Bertz CT molecular complexity index is 278. The van der Waals surface area contributed by atoms with Crippen LogP contribution in [0.1, 0.15) is 19.0 Å². The predicted molar refractivity (Wildman–Crippen MR) is 43.1 cm³/mol. The van der Waals surface area contributed by atoms with Crippen LogP contribution < -0.4 is 0 Å². The zero-order valence-electron chi connectivity index (χ0n) is 7.23. The number of rotatable bonds is 4. The van der Waals surface area contributed by atoms with Gasteiger partial charge in [-0.05, 0) is 19.8 Å². The number of aliphatic carboxylic acids is 1. The van der Waals surface area contributed by atoms with Crippen LogP contribution in [0.2, 0.25) is 0 Å². The van der Waals surface area contributed by atoms with Crippen LogP contribution in [-0.2, 0) is 11.2 Å².